The van der Waals surface area contributed by atoms with Crippen LogP contribution in [-0.2, 0) is 4.79 Å². The Labute approximate surface area is 196 Å². The number of benzene rings is 2. The lowest BCUT2D eigenvalue weighted by Crippen LogP contribution is -2.56. The molecule has 3 atom stereocenters. The first kappa shape index (κ1) is 23.3. The van der Waals surface area contributed by atoms with Crippen LogP contribution in [0.4, 0.5) is 5.69 Å². The van der Waals surface area contributed by atoms with E-state index in [1.807, 2.05) is 36.4 Å². The van der Waals surface area contributed by atoms with Gasteiger partial charge in [-0.25, -0.2) is 0 Å². The minimum Gasteiger partial charge on any atom is -0.497 e. The normalized spacial score (nSPS) is 25.0. The van der Waals surface area contributed by atoms with Crippen LogP contribution in [0.15, 0.2) is 61.2 Å². The Kier molecular flexibility index (Phi) is 7.36. The van der Waals surface area contributed by atoms with E-state index in [9.17, 15) is 9.90 Å². The molecule has 0 radical (unpaired) electrons. The minimum absolute atomic E-state index is 0.0147. The van der Waals surface area contributed by atoms with E-state index in [1.54, 1.807) is 13.2 Å². The van der Waals surface area contributed by atoms with E-state index >= 15 is 0 Å². The van der Waals surface area contributed by atoms with Crippen LogP contribution in [0, 0.1) is 5.92 Å². The SMILES string of the molecule is C=CCOc1ccc([C@H]2[C@H]3CCCC[C@@]3(O)CCN2CC(=O)Nc2ccc(OC)cc2)cc1. The Morgan fingerprint density at radius 2 is 1.88 bits per heavy atom. The standard InChI is InChI=1S/C27H34N2O4/c1-3-18-33-23-11-7-20(8-12-23)26-24-6-4-5-15-27(24,31)16-17-29(26)19-25(30)28-21-9-13-22(32-2)14-10-21/h3,7-14,24,26,31H,1,4-6,15-19H2,2H3,(H,28,30)/t24-,26+,27-/m1/s1. The zero-order chi connectivity index (χ0) is 23.3. The molecule has 33 heavy (non-hydrogen) atoms. The van der Waals surface area contributed by atoms with Crippen molar-refractivity contribution in [2.45, 2.75) is 43.7 Å². The Balaban J connectivity index is 1.53. The number of anilines is 1. The van der Waals surface area contributed by atoms with Crippen molar-refractivity contribution in [2.24, 2.45) is 5.92 Å². The maximum absolute atomic E-state index is 12.9. The summed E-state index contributed by atoms with van der Waals surface area (Å²) in [6, 6.07) is 15.4. The van der Waals surface area contributed by atoms with E-state index < -0.39 is 5.60 Å². The van der Waals surface area contributed by atoms with Crippen LogP contribution in [0.25, 0.3) is 0 Å². The van der Waals surface area contributed by atoms with E-state index in [0.29, 0.717) is 19.6 Å². The van der Waals surface area contributed by atoms with Gasteiger partial charge in [0.25, 0.3) is 0 Å². The van der Waals surface area contributed by atoms with Crippen LogP contribution in [0.1, 0.15) is 43.7 Å². The molecular formula is C27H34N2O4. The van der Waals surface area contributed by atoms with E-state index in [2.05, 4.69) is 28.9 Å². The van der Waals surface area contributed by atoms with Crippen molar-refractivity contribution in [1.29, 1.82) is 0 Å². The van der Waals surface area contributed by atoms with Gasteiger partial charge in [-0.15, -0.1) is 0 Å². The predicted molar refractivity (Wildman–Crippen MR) is 130 cm³/mol. The Hall–Kier alpha value is -2.83. The quantitative estimate of drug-likeness (QED) is 0.577. The van der Waals surface area contributed by atoms with Gasteiger partial charge >= 0.3 is 0 Å². The maximum atomic E-state index is 12.9. The summed E-state index contributed by atoms with van der Waals surface area (Å²) in [5.41, 5.74) is 1.19. The lowest BCUT2D eigenvalue weighted by Gasteiger charge is -2.52. The summed E-state index contributed by atoms with van der Waals surface area (Å²) in [7, 11) is 1.62. The summed E-state index contributed by atoms with van der Waals surface area (Å²) < 4.78 is 10.8. The minimum atomic E-state index is -0.663. The van der Waals surface area contributed by atoms with Crippen molar-refractivity contribution in [1.82, 2.24) is 4.90 Å². The van der Waals surface area contributed by atoms with Crippen molar-refractivity contribution >= 4 is 11.6 Å². The molecule has 6 heteroatoms. The molecule has 1 aliphatic carbocycles. The van der Waals surface area contributed by atoms with Crippen molar-refractivity contribution in [3.63, 3.8) is 0 Å². The molecule has 2 aliphatic rings. The summed E-state index contributed by atoms with van der Waals surface area (Å²) in [5.74, 6) is 1.59. The zero-order valence-electron chi connectivity index (χ0n) is 19.3. The third-order valence-electron chi connectivity index (χ3n) is 6.98. The number of fused-ring (bicyclic) bond motifs is 1. The van der Waals surface area contributed by atoms with Crippen molar-refractivity contribution in [3.8, 4) is 11.5 Å². The van der Waals surface area contributed by atoms with Gasteiger partial charge < -0.3 is 19.9 Å². The third kappa shape index (κ3) is 5.40. The molecule has 1 saturated heterocycles. The fourth-order valence-corrected chi connectivity index (χ4v) is 5.34. The molecule has 1 saturated carbocycles. The van der Waals surface area contributed by atoms with Crippen molar-refractivity contribution in [2.75, 3.05) is 32.1 Å². The largest absolute Gasteiger partial charge is 0.497 e. The summed E-state index contributed by atoms with van der Waals surface area (Å²) in [5, 5.41) is 14.5. The molecule has 6 nitrogen and oxygen atoms in total. The molecule has 1 heterocycles. The highest BCUT2D eigenvalue weighted by Gasteiger charge is 2.49. The number of likely N-dealkylation sites (tertiary alicyclic amines) is 1. The molecule has 4 rings (SSSR count). The highest BCUT2D eigenvalue weighted by atomic mass is 16.5. The molecular weight excluding hydrogens is 416 g/mol. The molecule has 0 bridgehead atoms. The molecule has 0 aromatic heterocycles. The summed E-state index contributed by atoms with van der Waals surface area (Å²) in [4.78, 5) is 15.2. The number of carbonyl (C=O) groups is 1. The maximum Gasteiger partial charge on any atom is 0.238 e. The molecule has 0 spiro atoms. The zero-order valence-corrected chi connectivity index (χ0v) is 19.3. The lowest BCUT2D eigenvalue weighted by atomic mass is 9.66. The average molecular weight is 451 g/mol. The second-order valence-electron chi connectivity index (χ2n) is 9.07. The molecule has 0 unspecified atom stereocenters. The Morgan fingerprint density at radius 3 is 2.58 bits per heavy atom. The van der Waals surface area contributed by atoms with E-state index in [4.69, 9.17) is 9.47 Å². The number of amides is 1. The number of hydrogen-bond acceptors (Lipinski definition) is 5. The van der Waals surface area contributed by atoms with Crippen molar-refractivity contribution in [3.05, 3.63) is 66.7 Å². The number of piperidine rings is 1. The number of nitrogens with one attached hydrogen (secondary N) is 1. The first-order valence-corrected chi connectivity index (χ1v) is 11.8. The molecule has 1 aliphatic heterocycles. The molecule has 2 aromatic carbocycles. The number of ether oxygens (including phenoxy) is 2. The molecule has 176 valence electrons. The summed E-state index contributed by atoms with van der Waals surface area (Å²) in [6.07, 6.45) is 6.39. The second-order valence-corrected chi connectivity index (χ2v) is 9.07. The fourth-order valence-electron chi connectivity index (χ4n) is 5.34. The monoisotopic (exact) mass is 450 g/mol. The van der Waals surface area contributed by atoms with Gasteiger partial charge in [0.2, 0.25) is 5.91 Å². The van der Waals surface area contributed by atoms with Crippen LogP contribution in [0.5, 0.6) is 11.5 Å². The fraction of sp³-hybridized carbons (Fsp3) is 0.444. The molecule has 1 amide bonds. The first-order valence-electron chi connectivity index (χ1n) is 11.8. The number of aliphatic hydroxyl groups is 1. The van der Waals surface area contributed by atoms with Gasteiger partial charge in [0.05, 0.1) is 19.3 Å². The number of rotatable bonds is 8. The first-order chi connectivity index (χ1) is 16.0. The molecule has 2 fully saturated rings. The second kappa shape index (κ2) is 10.4. The van der Waals surface area contributed by atoms with Crippen molar-refractivity contribution < 1.29 is 19.4 Å². The van der Waals surface area contributed by atoms with Crippen LogP contribution in [0.2, 0.25) is 0 Å². The predicted octanol–water partition coefficient (Wildman–Crippen LogP) is 4.57. The van der Waals surface area contributed by atoms with E-state index in [0.717, 1.165) is 48.4 Å². The topological polar surface area (TPSA) is 71.0 Å². The highest BCUT2D eigenvalue weighted by Crippen LogP contribution is 2.49. The van der Waals surface area contributed by atoms with Gasteiger partial charge in [0.1, 0.15) is 18.1 Å². The third-order valence-corrected chi connectivity index (χ3v) is 6.98. The van der Waals surface area contributed by atoms with Crippen LogP contribution >= 0.6 is 0 Å². The Bertz CT molecular complexity index is 944. The summed E-state index contributed by atoms with van der Waals surface area (Å²) >= 11 is 0. The van der Waals surface area contributed by atoms with Gasteiger partial charge in [0, 0.05) is 24.2 Å². The van der Waals surface area contributed by atoms with Crippen LogP contribution in [-0.4, -0.2) is 48.3 Å². The molecule has 2 aromatic rings. The number of hydrogen-bond donors (Lipinski definition) is 2. The van der Waals surface area contributed by atoms with Gasteiger partial charge in [-0.2, -0.15) is 0 Å². The van der Waals surface area contributed by atoms with Gasteiger partial charge in [0.15, 0.2) is 0 Å². The average Bonchev–Trinajstić information content (AvgIpc) is 2.83. The molecule has 2 N–H and O–H groups in total. The number of carbonyl (C=O) groups excluding carboxylic acids is 1. The summed E-state index contributed by atoms with van der Waals surface area (Å²) in [6.45, 7) is 5.11. The Morgan fingerprint density at radius 1 is 1.15 bits per heavy atom. The highest BCUT2D eigenvalue weighted by molar-refractivity contribution is 5.92. The van der Waals surface area contributed by atoms with Gasteiger partial charge in [-0.05, 0) is 61.2 Å². The van der Waals surface area contributed by atoms with E-state index in [-0.39, 0.29) is 24.4 Å². The van der Waals surface area contributed by atoms with Crippen LogP contribution < -0.4 is 14.8 Å². The van der Waals surface area contributed by atoms with Gasteiger partial charge in [-0.1, -0.05) is 37.6 Å². The number of nitrogens with zero attached hydrogens (tertiary/aromatic N) is 1. The van der Waals surface area contributed by atoms with Gasteiger partial charge in [-0.3, -0.25) is 9.69 Å². The van der Waals surface area contributed by atoms with Crippen LogP contribution in [0.3, 0.4) is 0 Å². The van der Waals surface area contributed by atoms with E-state index in [1.165, 1.54) is 0 Å². The lowest BCUT2D eigenvalue weighted by molar-refractivity contribution is -0.135. The number of methoxy groups -OCH3 is 1. The smallest absolute Gasteiger partial charge is 0.238 e.